The molecule has 0 aromatic carbocycles. The van der Waals surface area contributed by atoms with Gasteiger partial charge in [-0.15, -0.1) is 11.3 Å². The predicted octanol–water partition coefficient (Wildman–Crippen LogP) is 1.44. The number of methoxy groups -OCH3 is 1. The monoisotopic (exact) mass is 257 g/mol. The molecule has 1 aromatic heterocycles. The van der Waals surface area contributed by atoms with Gasteiger partial charge in [0.25, 0.3) is 5.91 Å². The van der Waals surface area contributed by atoms with Crippen LogP contribution in [0.2, 0.25) is 0 Å². The van der Waals surface area contributed by atoms with Gasteiger partial charge in [-0.2, -0.15) is 0 Å². The van der Waals surface area contributed by atoms with E-state index in [1.807, 2.05) is 5.38 Å². The van der Waals surface area contributed by atoms with Crippen molar-refractivity contribution in [2.75, 3.05) is 20.7 Å². The van der Waals surface area contributed by atoms with Gasteiger partial charge in [0.05, 0.1) is 18.6 Å². The first-order valence-corrected chi connectivity index (χ1v) is 5.96. The van der Waals surface area contributed by atoms with E-state index >= 15 is 0 Å². The van der Waals surface area contributed by atoms with E-state index in [0.717, 1.165) is 4.88 Å². The molecule has 17 heavy (non-hydrogen) atoms. The van der Waals surface area contributed by atoms with Crippen LogP contribution in [0.25, 0.3) is 0 Å². The lowest BCUT2D eigenvalue weighted by molar-refractivity contribution is -0.137. The second-order valence-electron chi connectivity index (χ2n) is 3.56. The Morgan fingerprint density at radius 3 is 2.82 bits per heavy atom. The minimum Gasteiger partial charge on any atom is -0.481 e. The van der Waals surface area contributed by atoms with Crippen LogP contribution in [0.5, 0.6) is 0 Å². The van der Waals surface area contributed by atoms with E-state index < -0.39 is 5.97 Å². The molecule has 1 rings (SSSR count). The molecule has 5 nitrogen and oxygen atoms in total. The van der Waals surface area contributed by atoms with Crippen molar-refractivity contribution >= 4 is 23.2 Å². The van der Waals surface area contributed by atoms with Gasteiger partial charge in [-0.25, -0.2) is 0 Å². The number of carbonyl (C=O) groups is 2. The van der Waals surface area contributed by atoms with Crippen LogP contribution < -0.4 is 0 Å². The molecule has 1 aromatic rings. The van der Waals surface area contributed by atoms with E-state index in [9.17, 15) is 9.59 Å². The van der Waals surface area contributed by atoms with E-state index in [0.29, 0.717) is 12.2 Å². The molecule has 6 heteroatoms. The number of hydrogen-bond donors (Lipinski definition) is 1. The molecule has 1 N–H and O–H groups in total. The van der Waals surface area contributed by atoms with Gasteiger partial charge in [-0.05, 0) is 11.4 Å². The summed E-state index contributed by atoms with van der Waals surface area (Å²) in [7, 11) is 3.17. The number of rotatable bonds is 6. The van der Waals surface area contributed by atoms with Gasteiger partial charge in [-0.1, -0.05) is 0 Å². The predicted molar refractivity (Wildman–Crippen MR) is 64.2 cm³/mol. The number of ether oxygens (including phenoxy) is 1. The van der Waals surface area contributed by atoms with Crippen molar-refractivity contribution in [3.8, 4) is 0 Å². The Bertz CT molecular complexity index is 402. The molecule has 94 valence electrons. The summed E-state index contributed by atoms with van der Waals surface area (Å²) in [6, 6.07) is 1.73. The van der Waals surface area contributed by atoms with Crippen molar-refractivity contribution in [3.05, 3.63) is 21.9 Å². The molecule has 0 aliphatic heterocycles. The van der Waals surface area contributed by atoms with Crippen molar-refractivity contribution in [1.82, 2.24) is 4.90 Å². The van der Waals surface area contributed by atoms with Crippen LogP contribution in [-0.4, -0.2) is 42.6 Å². The van der Waals surface area contributed by atoms with Crippen molar-refractivity contribution in [2.24, 2.45) is 0 Å². The molecule has 0 saturated carbocycles. The number of nitrogens with zero attached hydrogens (tertiary/aromatic N) is 1. The van der Waals surface area contributed by atoms with Crippen molar-refractivity contribution < 1.29 is 19.4 Å². The molecule has 0 unspecified atom stereocenters. The SMILES string of the molecule is COCc1sccc1C(=O)N(C)CCC(=O)O. The van der Waals surface area contributed by atoms with Crippen LogP contribution >= 0.6 is 11.3 Å². The van der Waals surface area contributed by atoms with Gasteiger partial charge in [0.1, 0.15) is 0 Å². The zero-order chi connectivity index (χ0) is 12.8. The Morgan fingerprint density at radius 1 is 1.53 bits per heavy atom. The fourth-order valence-electron chi connectivity index (χ4n) is 1.34. The molecule has 0 radical (unpaired) electrons. The largest absolute Gasteiger partial charge is 0.481 e. The van der Waals surface area contributed by atoms with E-state index in [1.165, 1.54) is 16.2 Å². The van der Waals surface area contributed by atoms with Crippen LogP contribution in [0.15, 0.2) is 11.4 Å². The summed E-state index contributed by atoms with van der Waals surface area (Å²) < 4.78 is 5.00. The molecule has 0 fully saturated rings. The number of carbonyl (C=O) groups excluding carboxylic acids is 1. The van der Waals surface area contributed by atoms with Crippen molar-refractivity contribution in [2.45, 2.75) is 13.0 Å². The quantitative estimate of drug-likeness (QED) is 0.837. The van der Waals surface area contributed by atoms with Crippen LogP contribution in [0.1, 0.15) is 21.7 Å². The molecule has 0 saturated heterocycles. The van der Waals surface area contributed by atoms with Crippen LogP contribution in [0.3, 0.4) is 0 Å². The van der Waals surface area contributed by atoms with Gasteiger partial charge >= 0.3 is 5.97 Å². The maximum absolute atomic E-state index is 12.0. The Kier molecular flexibility index (Phi) is 5.11. The van der Waals surface area contributed by atoms with E-state index in [4.69, 9.17) is 9.84 Å². The molecular formula is C11H15NO4S. The summed E-state index contributed by atoms with van der Waals surface area (Å²) >= 11 is 1.46. The van der Waals surface area contributed by atoms with E-state index in [1.54, 1.807) is 20.2 Å². The maximum atomic E-state index is 12.0. The summed E-state index contributed by atoms with van der Waals surface area (Å²) in [6.07, 6.45) is -0.0496. The lowest BCUT2D eigenvalue weighted by Crippen LogP contribution is -2.29. The second-order valence-corrected chi connectivity index (χ2v) is 4.56. The zero-order valence-electron chi connectivity index (χ0n) is 9.80. The lowest BCUT2D eigenvalue weighted by atomic mass is 10.2. The Morgan fingerprint density at radius 2 is 2.24 bits per heavy atom. The number of aliphatic carboxylic acids is 1. The fourth-order valence-corrected chi connectivity index (χ4v) is 2.18. The third kappa shape index (κ3) is 3.83. The molecular weight excluding hydrogens is 242 g/mol. The minimum absolute atomic E-state index is 0.0496. The molecule has 0 atom stereocenters. The molecule has 0 aliphatic rings. The highest BCUT2D eigenvalue weighted by molar-refractivity contribution is 7.10. The highest BCUT2D eigenvalue weighted by atomic mass is 32.1. The summed E-state index contributed by atoms with van der Waals surface area (Å²) in [5.41, 5.74) is 0.588. The van der Waals surface area contributed by atoms with Gasteiger partial charge in [0.15, 0.2) is 0 Å². The summed E-state index contributed by atoms with van der Waals surface area (Å²) in [5, 5.41) is 10.4. The number of carboxylic acid groups (broad SMARTS) is 1. The first kappa shape index (κ1) is 13.7. The highest BCUT2D eigenvalue weighted by Crippen LogP contribution is 2.19. The number of amides is 1. The summed E-state index contributed by atoms with van der Waals surface area (Å²) in [6.45, 7) is 0.599. The molecule has 1 heterocycles. The Hall–Kier alpha value is -1.40. The highest BCUT2D eigenvalue weighted by Gasteiger charge is 2.17. The van der Waals surface area contributed by atoms with Crippen LogP contribution in [0.4, 0.5) is 0 Å². The molecule has 1 amide bonds. The number of carboxylic acids is 1. The maximum Gasteiger partial charge on any atom is 0.305 e. The van der Waals surface area contributed by atoms with Crippen molar-refractivity contribution in [3.63, 3.8) is 0 Å². The van der Waals surface area contributed by atoms with Gasteiger partial charge in [0, 0.05) is 25.6 Å². The fraction of sp³-hybridized carbons (Fsp3) is 0.455. The standard InChI is InChI=1S/C11H15NO4S/c1-12(5-3-10(13)14)11(15)8-4-6-17-9(8)7-16-2/h4,6H,3,5,7H2,1-2H3,(H,13,14). The smallest absolute Gasteiger partial charge is 0.305 e. The van der Waals surface area contributed by atoms with Gasteiger partial charge in [0.2, 0.25) is 0 Å². The third-order valence-corrected chi connectivity index (χ3v) is 3.15. The average Bonchev–Trinajstić information content (AvgIpc) is 2.73. The Balaban J connectivity index is 2.67. The Labute approximate surface area is 104 Å². The number of thiophene rings is 1. The normalized spacial score (nSPS) is 10.2. The lowest BCUT2D eigenvalue weighted by Gasteiger charge is -2.16. The van der Waals surface area contributed by atoms with Gasteiger partial charge in [-0.3, -0.25) is 9.59 Å². The van der Waals surface area contributed by atoms with E-state index in [-0.39, 0.29) is 18.9 Å². The van der Waals surface area contributed by atoms with Crippen LogP contribution in [-0.2, 0) is 16.1 Å². The first-order chi connectivity index (χ1) is 8.06. The minimum atomic E-state index is -0.910. The van der Waals surface area contributed by atoms with Gasteiger partial charge < -0.3 is 14.7 Å². The molecule has 0 aliphatic carbocycles. The van der Waals surface area contributed by atoms with Crippen molar-refractivity contribution in [1.29, 1.82) is 0 Å². The molecule has 0 spiro atoms. The third-order valence-electron chi connectivity index (χ3n) is 2.26. The first-order valence-electron chi connectivity index (χ1n) is 5.08. The number of hydrogen-bond acceptors (Lipinski definition) is 4. The average molecular weight is 257 g/mol. The van der Waals surface area contributed by atoms with E-state index in [2.05, 4.69) is 0 Å². The summed E-state index contributed by atoms with van der Waals surface area (Å²) in [4.78, 5) is 24.7. The van der Waals surface area contributed by atoms with Crippen LogP contribution in [0, 0.1) is 0 Å². The molecule has 0 bridgehead atoms. The topological polar surface area (TPSA) is 66.8 Å². The second kappa shape index (κ2) is 6.36. The summed E-state index contributed by atoms with van der Waals surface area (Å²) in [5.74, 6) is -1.08. The zero-order valence-corrected chi connectivity index (χ0v) is 10.6.